The molecule has 2 aromatic carbocycles. The van der Waals surface area contributed by atoms with Crippen molar-refractivity contribution in [1.82, 2.24) is 4.83 Å². The van der Waals surface area contributed by atoms with E-state index in [-0.39, 0.29) is 33.4 Å². The second kappa shape index (κ2) is 9.10. The molecule has 0 bridgehead atoms. The maximum atomic E-state index is 12.6. The van der Waals surface area contributed by atoms with Gasteiger partial charge in [0, 0.05) is 17.7 Å². The molecule has 12 heteroatoms. The van der Waals surface area contributed by atoms with Crippen LogP contribution in [0.15, 0.2) is 40.3 Å². The average molecular weight is 425 g/mol. The van der Waals surface area contributed by atoms with Crippen molar-refractivity contribution in [3.63, 3.8) is 0 Å². The van der Waals surface area contributed by atoms with Crippen LogP contribution in [0, 0.1) is 10.1 Å². The van der Waals surface area contributed by atoms with Gasteiger partial charge < -0.3 is 18.9 Å². The third-order valence-corrected chi connectivity index (χ3v) is 4.97. The molecule has 156 valence electrons. The van der Waals surface area contributed by atoms with Gasteiger partial charge in [0.05, 0.1) is 39.6 Å². The first-order chi connectivity index (χ1) is 13.8. The highest BCUT2D eigenvalue weighted by molar-refractivity contribution is 7.89. The van der Waals surface area contributed by atoms with E-state index >= 15 is 0 Å². The molecule has 2 aromatic rings. The standard InChI is InChI=1S/C17H19N3O8S/c1-25-12-5-6-14(26-2)16(9-12)29(23,24)19-18-10-11-7-13(20(21)22)17(28-4)15(8-11)27-3/h5-10,19H,1-4H3/b18-10+. The van der Waals surface area contributed by atoms with Crippen LogP contribution in [0.2, 0.25) is 0 Å². The first-order valence-corrected chi connectivity index (χ1v) is 9.43. The zero-order chi connectivity index (χ0) is 21.6. The molecular formula is C17H19N3O8S. The monoisotopic (exact) mass is 425 g/mol. The maximum Gasteiger partial charge on any atom is 0.315 e. The Hall–Kier alpha value is -3.54. The van der Waals surface area contributed by atoms with Crippen LogP contribution in [-0.4, -0.2) is 48.0 Å². The molecule has 0 atom stereocenters. The van der Waals surface area contributed by atoms with Crippen LogP contribution in [-0.2, 0) is 10.0 Å². The minimum atomic E-state index is -4.10. The Morgan fingerprint density at radius 3 is 2.24 bits per heavy atom. The highest BCUT2D eigenvalue weighted by Gasteiger charge is 2.22. The van der Waals surface area contributed by atoms with Gasteiger partial charge in [-0.3, -0.25) is 10.1 Å². The lowest BCUT2D eigenvalue weighted by Crippen LogP contribution is -2.19. The summed E-state index contributed by atoms with van der Waals surface area (Å²) in [4.78, 5) is 12.4. The number of rotatable bonds is 9. The Morgan fingerprint density at radius 1 is 1.00 bits per heavy atom. The van der Waals surface area contributed by atoms with Crippen molar-refractivity contribution in [3.8, 4) is 23.0 Å². The number of nitro groups is 1. The number of hydrazone groups is 1. The fourth-order valence-electron chi connectivity index (χ4n) is 2.39. The largest absolute Gasteiger partial charge is 0.497 e. The van der Waals surface area contributed by atoms with Gasteiger partial charge in [0.2, 0.25) is 5.75 Å². The van der Waals surface area contributed by atoms with E-state index < -0.39 is 14.9 Å². The van der Waals surface area contributed by atoms with E-state index in [2.05, 4.69) is 5.10 Å². The van der Waals surface area contributed by atoms with Gasteiger partial charge in [-0.2, -0.15) is 18.4 Å². The predicted octanol–water partition coefficient (Wildman–Crippen LogP) is 1.94. The van der Waals surface area contributed by atoms with Crippen molar-refractivity contribution in [1.29, 1.82) is 0 Å². The molecule has 0 aliphatic rings. The van der Waals surface area contributed by atoms with Crippen molar-refractivity contribution in [3.05, 3.63) is 46.0 Å². The molecule has 1 N–H and O–H groups in total. The van der Waals surface area contributed by atoms with E-state index in [0.29, 0.717) is 5.75 Å². The van der Waals surface area contributed by atoms with Crippen LogP contribution in [0.25, 0.3) is 0 Å². The number of hydrogen-bond acceptors (Lipinski definition) is 9. The molecule has 29 heavy (non-hydrogen) atoms. The van der Waals surface area contributed by atoms with Gasteiger partial charge in [0.15, 0.2) is 5.75 Å². The van der Waals surface area contributed by atoms with Crippen molar-refractivity contribution in [2.24, 2.45) is 5.10 Å². The number of nitrogens with zero attached hydrogens (tertiary/aromatic N) is 2. The summed E-state index contributed by atoms with van der Waals surface area (Å²) in [7, 11) is 1.21. The lowest BCUT2D eigenvalue weighted by molar-refractivity contribution is -0.385. The fourth-order valence-corrected chi connectivity index (χ4v) is 3.37. The summed E-state index contributed by atoms with van der Waals surface area (Å²) in [5.41, 5.74) is -0.139. The summed E-state index contributed by atoms with van der Waals surface area (Å²) in [5.74, 6) is 0.442. The third-order valence-electron chi connectivity index (χ3n) is 3.73. The summed E-state index contributed by atoms with van der Waals surface area (Å²) in [5, 5.41) is 14.9. The summed E-state index contributed by atoms with van der Waals surface area (Å²) in [6.07, 6.45) is 1.10. The minimum absolute atomic E-state index is 0.0589. The lowest BCUT2D eigenvalue weighted by atomic mass is 10.2. The van der Waals surface area contributed by atoms with E-state index in [1.165, 1.54) is 52.7 Å². The number of methoxy groups -OCH3 is 4. The molecule has 2 rings (SSSR count). The summed E-state index contributed by atoms with van der Waals surface area (Å²) >= 11 is 0. The second-order valence-corrected chi connectivity index (χ2v) is 7.03. The summed E-state index contributed by atoms with van der Waals surface area (Å²) in [6, 6.07) is 6.84. The summed E-state index contributed by atoms with van der Waals surface area (Å²) in [6.45, 7) is 0. The van der Waals surface area contributed by atoms with Crippen LogP contribution in [0.1, 0.15) is 5.56 Å². The van der Waals surface area contributed by atoms with Crippen LogP contribution < -0.4 is 23.8 Å². The van der Waals surface area contributed by atoms with Crippen molar-refractivity contribution in [2.45, 2.75) is 4.90 Å². The normalized spacial score (nSPS) is 11.2. The molecule has 0 aliphatic carbocycles. The highest BCUT2D eigenvalue weighted by Crippen LogP contribution is 2.37. The van der Waals surface area contributed by atoms with Gasteiger partial charge in [-0.05, 0) is 18.2 Å². The van der Waals surface area contributed by atoms with Crippen LogP contribution in [0.5, 0.6) is 23.0 Å². The van der Waals surface area contributed by atoms with E-state index in [9.17, 15) is 18.5 Å². The van der Waals surface area contributed by atoms with Crippen molar-refractivity contribution < 1.29 is 32.3 Å². The van der Waals surface area contributed by atoms with Gasteiger partial charge in [0.25, 0.3) is 10.0 Å². The molecule has 0 saturated carbocycles. The predicted molar refractivity (Wildman–Crippen MR) is 104 cm³/mol. The molecule has 0 aliphatic heterocycles. The van der Waals surface area contributed by atoms with Crippen LogP contribution in [0.3, 0.4) is 0 Å². The highest BCUT2D eigenvalue weighted by atomic mass is 32.2. The molecule has 0 amide bonds. The first-order valence-electron chi connectivity index (χ1n) is 7.94. The SMILES string of the molecule is COc1ccc(OC)c(S(=O)(=O)N/N=C/c2cc(OC)c(OC)c([N+](=O)[O-])c2)c1. The maximum absolute atomic E-state index is 12.6. The summed E-state index contributed by atoms with van der Waals surface area (Å²) < 4.78 is 45.3. The number of sulfonamides is 1. The van der Waals surface area contributed by atoms with Gasteiger partial charge in [-0.25, -0.2) is 0 Å². The molecule has 0 unspecified atom stereocenters. The van der Waals surface area contributed by atoms with Gasteiger partial charge in [-0.1, -0.05) is 0 Å². The van der Waals surface area contributed by atoms with E-state index in [4.69, 9.17) is 18.9 Å². The van der Waals surface area contributed by atoms with Crippen molar-refractivity contribution >= 4 is 21.9 Å². The Labute approximate surface area is 167 Å². The van der Waals surface area contributed by atoms with Crippen LogP contribution >= 0.6 is 0 Å². The zero-order valence-corrected chi connectivity index (χ0v) is 16.8. The molecule has 0 saturated heterocycles. The number of nitrogens with one attached hydrogen (secondary N) is 1. The Morgan fingerprint density at radius 2 is 1.69 bits per heavy atom. The van der Waals surface area contributed by atoms with E-state index in [0.717, 1.165) is 6.21 Å². The Balaban J connectivity index is 2.36. The molecule has 0 radical (unpaired) electrons. The van der Waals surface area contributed by atoms with Gasteiger partial charge in [0.1, 0.15) is 16.4 Å². The lowest BCUT2D eigenvalue weighted by Gasteiger charge is -2.11. The molecular weight excluding hydrogens is 406 g/mol. The molecule has 11 nitrogen and oxygen atoms in total. The molecule has 0 fully saturated rings. The average Bonchev–Trinajstić information content (AvgIpc) is 2.72. The van der Waals surface area contributed by atoms with Gasteiger partial charge >= 0.3 is 5.69 Å². The molecule has 0 aromatic heterocycles. The quantitative estimate of drug-likeness (QED) is 0.365. The van der Waals surface area contributed by atoms with Gasteiger partial charge in [-0.15, -0.1) is 0 Å². The number of ether oxygens (including phenoxy) is 4. The number of nitro benzene ring substituents is 1. The van der Waals surface area contributed by atoms with E-state index in [1.54, 1.807) is 6.07 Å². The molecule has 0 spiro atoms. The second-order valence-electron chi connectivity index (χ2n) is 5.40. The van der Waals surface area contributed by atoms with Crippen LogP contribution in [0.4, 0.5) is 5.69 Å². The topological polar surface area (TPSA) is 139 Å². The van der Waals surface area contributed by atoms with E-state index in [1.807, 2.05) is 4.83 Å². The third kappa shape index (κ3) is 4.85. The smallest absolute Gasteiger partial charge is 0.315 e. The number of hydrogen-bond donors (Lipinski definition) is 1. The first kappa shape index (κ1) is 21.8. The number of benzene rings is 2. The zero-order valence-electron chi connectivity index (χ0n) is 16.0. The van der Waals surface area contributed by atoms with Crippen molar-refractivity contribution in [2.75, 3.05) is 28.4 Å². The molecule has 0 heterocycles. The Bertz CT molecular complexity index is 1040. The Kier molecular flexibility index (Phi) is 6.83. The fraction of sp³-hybridized carbons (Fsp3) is 0.235. The minimum Gasteiger partial charge on any atom is -0.497 e.